The van der Waals surface area contributed by atoms with Crippen LogP contribution in [-0.4, -0.2) is 11.7 Å². The molecule has 0 unspecified atom stereocenters. The SMILES string of the molecule is COc1ccc2c(c1)c(=O)c([N+]#N)c([O-])n2C. The molecule has 17 heavy (non-hydrogen) atoms. The number of aromatic nitrogens is 1. The van der Waals surface area contributed by atoms with Crippen LogP contribution in [0, 0.1) is 5.39 Å². The van der Waals surface area contributed by atoms with Gasteiger partial charge in [0, 0.05) is 7.05 Å². The highest BCUT2D eigenvalue weighted by molar-refractivity contribution is 5.85. The van der Waals surface area contributed by atoms with E-state index < -0.39 is 17.0 Å². The van der Waals surface area contributed by atoms with Gasteiger partial charge in [-0.1, -0.05) is 0 Å². The summed E-state index contributed by atoms with van der Waals surface area (Å²) in [6, 6.07) is 4.76. The van der Waals surface area contributed by atoms with Crippen LogP contribution in [0.25, 0.3) is 15.9 Å². The number of ether oxygens (including phenoxy) is 1. The summed E-state index contributed by atoms with van der Waals surface area (Å²) in [5.74, 6) is -0.132. The van der Waals surface area contributed by atoms with E-state index >= 15 is 0 Å². The Morgan fingerprint density at radius 2 is 2.18 bits per heavy atom. The molecule has 0 aliphatic heterocycles. The summed E-state index contributed by atoms with van der Waals surface area (Å²) in [6.07, 6.45) is 0. The maximum absolute atomic E-state index is 11.9. The standard InChI is InChI=1S/C11H9N3O3/c1-14-8-4-3-6(17-2)5-7(8)10(15)9(13-12)11(14)16/h3-5H,1-2H3. The Balaban J connectivity index is 3.01. The van der Waals surface area contributed by atoms with Gasteiger partial charge in [-0.15, -0.1) is 0 Å². The lowest BCUT2D eigenvalue weighted by Gasteiger charge is -2.13. The molecule has 0 spiro atoms. The van der Waals surface area contributed by atoms with Gasteiger partial charge in [-0.2, -0.15) is 0 Å². The van der Waals surface area contributed by atoms with Crippen molar-refractivity contribution in [1.82, 2.24) is 4.57 Å². The van der Waals surface area contributed by atoms with Crippen molar-refractivity contribution >= 4 is 16.6 Å². The van der Waals surface area contributed by atoms with Crippen molar-refractivity contribution < 1.29 is 9.84 Å². The lowest BCUT2D eigenvalue weighted by atomic mass is 10.2. The highest BCUT2D eigenvalue weighted by Crippen LogP contribution is 2.26. The molecule has 2 rings (SSSR count). The van der Waals surface area contributed by atoms with Crippen LogP contribution in [-0.2, 0) is 7.05 Å². The highest BCUT2D eigenvalue weighted by atomic mass is 16.5. The summed E-state index contributed by atoms with van der Waals surface area (Å²) in [5.41, 5.74) is -0.633. The van der Waals surface area contributed by atoms with Gasteiger partial charge in [-0.05, 0) is 18.2 Å². The number of nitrogens with zero attached hydrogens (tertiary/aromatic N) is 3. The molecule has 0 saturated carbocycles. The van der Waals surface area contributed by atoms with E-state index in [2.05, 4.69) is 4.98 Å². The topological polar surface area (TPSA) is 82.4 Å². The van der Waals surface area contributed by atoms with Crippen LogP contribution in [0.15, 0.2) is 23.0 Å². The first-order chi connectivity index (χ1) is 8.10. The van der Waals surface area contributed by atoms with E-state index in [1.165, 1.54) is 24.8 Å². The number of hydrogen-bond acceptors (Lipinski definition) is 4. The first-order valence-electron chi connectivity index (χ1n) is 4.83. The quantitative estimate of drug-likeness (QED) is 0.688. The van der Waals surface area contributed by atoms with Gasteiger partial charge >= 0.3 is 5.69 Å². The Morgan fingerprint density at radius 3 is 2.76 bits per heavy atom. The molecule has 0 saturated heterocycles. The Morgan fingerprint density at radius 1 is 1.47 bits per heavy atom. The van der Waals surface area contributed by atoms with Crippen LogP contribution in [0.1, 0.15) is 0 Å². The predicted octanol–water partition coefficient (Wildman–Crippen LogP) is 1.11. The largest absolute Gasteiger partial charge is 0.854 e. The summed E-state index contributed by atoms with van der Waals surface area (Å²) < 4.78 is 6.26. The molecule has 86 valence electrons. The molecule has 0 N–H and O–H groups in total. The van der Waals surface area contributed by atoms with Gasteiger partial charge in [0.15, 0.2) is 4.98 Å². The van der Waals surface area contributed by atoms with Crippen LogP contribution in [0.4, 0.5) is 5.69 Å². The summed E-state index contributed by atoms with van der Waals surface area (Å²) in [4.78, 5) is 14.6. The summed E-state index contributed by atoms with van der Waals surface area (Å²) in [7, 11) is 2.98. The van der Waals surface area contributed by atoms with Crippen molar-refractivity contribution in [1.29, 1.82) is 5.39 Å². The minimum Gasteiger partial charge on any atom is -0.854 e. The molecule has 2 aromatic rings. The van der Waals surface area contributed by atoms with Crippen LogP contribution in [0.3, 0.4) is 0 Å². The second kappa shape index (κ2) is 3.79. The van der Waals surface area contributed by atoms with Gasteiger partial charge < -0.3 is 14.4 Å². The molecular weight excluding hydrogens is 222 g/mol. The number of diazo groups is 1. The van der Waals surface area contributed by atoms with Crippen molar-refractivity contribution in [3.8, 4) is 11.6 Å². The molecule has 6 heteroatoms. The van der Waals surface area contributed by atoms with E-state index in [4.69, 9.17) is 10.1 Å². The number of hydrogen-bond donors (Lipinski definition) is 0. The lowest BCUT2D eigenvalue weighted by molar-refractivity contribution is -0.277. The molecule has 1 heterocycles. The number of methoxy groups -OCH3 is 1. The average Bonchev–Trinajstić information content (AvgIpc) is 2.36. The molecule has 1 aromatic carbocycles. The van der Waals surface area contributed by atoms with E-state index in [-0.39, 0.29) is 5.39 Å². The van der Waals surface area contributed by atoms with Crippen LogP contribution < -0.4 is 15.3 Å². The first-order valence-corrected chi connectivity index (χ1v) is 4.83. The molecule has 0 fully saturated rings. The van der Waals surface area contributed by atoms with Crippen LogP contribution in [0.2, 0.25) is 0 Å². The third kappa shape index (κ3) is 1.49. The monoisotopic (exact) mass is 231 g/mol. The van der Waals surface area contributed by atoms with Crippen molar-refractivity contribution in [2.45, 2.75) is 0 Å². The minimum atomic E-state index is -0.629. The van der Waals surface area contributed by atoms with Gasteiger partial charge in [0.2, 0.25) is 5.39 Å². The highest BCUT2D eigenvalue weighted by Gasteiger charge is 2.19. The van der Waals surface area contributed by atoms with Crippen molar-refractivity contribution in [2.24, 2.45) is 7.05 Å². The molecule has 0 aliphatic carbocycles. The summed E-state index contributed by atoms with van der Waals surface area (Å²) >= 11 is 0. The summed E-state index contributed by atoms with van der Waals surface area (Å²) in [6.45, 7) is 0. The van der Waals surface area contributed by atoms with Gasteiger partial charge in [-0.3, -0.25) is 4.79 Å². The molecule has 0 aliphatic rings. The van der Waals surface area contributed by atoms with E-state index in [1.54, 1.807) is 12.1 Å². The van der Waals surface area contributed by atoms with E-state index in [1.807, 2.05) is 0 Å². The Bertz CT molecular complexity index is 698. The second-order valence-corrected chi connectivity index (χ2v) is 3.52. The molecule has 0 bridgehead atoms. The predicted molar refractivity (Wildman–Crippen MR) is 59.9 cm³/mol. The molecule has 0 amide bonds. The summed E-state index contributed by atoms with van der Waals surface area (Å²) in [5, 5.41) is 20.6. The number of benzene rings is 1. The average molecular weight is 231 g/mol. The Hall–Kier alpha value is -2.55. The van der Waals surface area contributed by atoms with Crippen LogP contribution >= 0.6 is 0 Å². The molecule has 1 aromatic heterocycles. The zero-order chi connectivity index (χ0) is 12.6. The Kier molecular flexibility index (Phi) is 2.44. The smallest absolute Gasteiger partial charge is 0.440 e. The van der Waals surface area contributed by atoms with Gasteiger partial charge in [-0.25, -0.2) is 0 Å². The maximum Gasteiger partial charge on any atom is 0.440 e. The van der Waals surface area contributed by atoms with E-state index in [9.17, 15) is 9.90 Å². The lowest BCUT2D eigenvalue weighted by Crippen LogP contribution is -2.13. The van der Waals surface area contributed by atoms with Crippen LogP contribution in [0.5, 0.6) is 11.6 Å². The van der Waals surface area contributed by atoms with Crippen molar-refractivity contribution in [3.63, 3.8) is 0 Å². The number of rotatable bonds is 1. The van der Waals surface area contributed by atoms with E-state index in [0.717, 1.165) is 0 Å². The molecule has 0 atom stereocenters. The molecular formula is C11H9N3O3. The fourth-order valence-corrected chi connectivity index (χ4v) is 1.70. The van der Waals surface area contributed by atoms with Crippen molar-refractivity contribution in [3.05, 3.63) is 33.4 Å². The fourth-order valence-electron chi connectivity index (χ4n) is 1.70. The maximum atomic E-state index is 11.9. The van der Waals surface area contributed by atoms with Gasteiger partial charge in [0.25, 0.3) is 5.43 Å². The van der Waals surface area contributed by atoms with E-state index in [0.29, 0.717) is 11.3 Å². The molecule has 6 nitrogen and oxygen atoms in total. The second-order valence-electron chi connectivity index (χ2n) is 3.52. The zero-order valence-electron chi connectivity index (χ0n) is 9.30. The first kappa shape index (κ1) is 11.0. The number of fused-ring (bicyclic) bond motifs is 1. The third-order valence-corrected chi connectivity index (χ3v) is 2.63. The van der Waals surface area contributed by atoms with Crippen molar-refractivity contribution in [2.75, 3.05) is 7.11 Å². The zero-order valence-corrected chi connectivity index (χ0v) is 9.30. The Labute approximate surface area is 96.3 Å². The van der Waals surface area contributed by atoms with Gasteiger partial charge in [0.05, 0.1) is 23.9 Å². The number of pyridine rings is 1. The van der Waals surface area contributed by atoms with Gasteiger partial charge in [0.1, 0.15) is 5.75 Å². The molecule has 0 radical (unpaired) electrons. The minimum absolute atomic E-state index is 0.277. The third-order valence-electron chi connectivity index (χ3n) is 2.63. The number of aryl methyl sites for hydroxylation is 1. The fraction of sp³-hybridized carbons (Fsp3) is 0.182. The normalized spacial score (nSPS) is 10.2.